The number of halogens is 5. The minimum Gasteiger partial charge on any atom is -0.388 e. The summed E-state index contributed by atoms with van der Waals surface area (Å²) in [5.74, 6) is 0. The lowest BCUT2D eigenvalue weighted by Gasteiger charge is -2.17. The molecule has 0 fully saturated rings. The van der Waals surface area contributed by atoms with E-state index in [4.69, 9.17) is 0 Å². The quantitative estimate of drug-likeness (QED) is 0.676. The highest BCUT2D eigenvalue weighted by atomic mass is 79.9. The third-order valence-electron chi connectivity index (χ3n) is 2.70. The van der Waals surface area contributed by atoms with E-state index in [1.54, 1.807) is 12.1 Å². The van der Waals surface area contributed by atoms with Crippen LogP contribution in [0.2, 0.25) is 0 Å². The van der Waals surface area contributed by atoms with Crippen LogP contribution in [-0.4, -0.2) is 5.11 Å². The van der Waals surface area contributed by atoms with Gasteiger partial charge < -0.3 is 5.11 Å². The highest BCUT2D eigenvalue weighted by Crippen LogP contribution is 2.37. The molecule has 1 nitrogen and oxygen atoms in total. The highest BCUT2D eigenvalue weighted by Gasteiger charge is 2.35. The first-order valence-electron chi connectivity index (χ1n) is 5.56. The Bertz CT molecular complexity index is 610. The van der Waals surface area contributed by atoms with Crippen molar-refractivity contribution in [2.45, 2.75) is 18.7 Å². The summed E-state index contributed by atoms with van der Waals surface area (Å²) in [6, 6.07) is 7.38. The predicted octanol–water partition coefficient (Wildman–Crippen LogP) is 5.57. The van der Waals surface area contributed by atoms with E-state index in [9.17, 15) is 18.3 Å². The minimum absolute atomic E-state index is 0.106. The van der Waals surface area contributed by atoms with Crippen LogP contribution < -0.4 is 0 Å². The third kappa shape index (κ3) is 3.84. The van der Waals surface area contributed by atoms with Crippen LogP contribution in [0.1, 0.15) is 22.1 Å². The zero-order valence-electron chi connectivity index (χ0n) is 9.92. The summed E-state index contributed by atoms with van der Waals surface area (Å²) < 4.78 is 40.2. The number of aliphatic hydroxyl groups excluding tert-OH is 1. The Kier molecular flexibility index (Phi) is 4.94. The molecule has 1 aromatic carbocycles. The molecule has 0 saturated carbocycles. The second-order valence-electron chi connectivity index (χ2n) is 4.16. The molecule has 7 heteroatoms. The van der Waals surface area contributed by atoms with Gasteiger partial charge in [0.05, 0.1) is 15.5 Å². The molecule has 0 spiro atoms. The molecule has 1 N–H and O–H groups in total. The normalized spacial score (nSPS) is 13.5. The molecule has 108 valence electrons. The first-order chi connectivity index (χ1) is 9.27. The first kappa shape index (κ1) is 16.0. The second-order valence-corrected chi connectivity index (χ2v) is 7.62. The van der Waals surface area contributed by atoms with Gasteiger partial charge in [-0.2, -0.15) is 13.2 Å². The van der Waals surface area contributed by atoms with Crippen molar-refractivity contribution < 1.29 is 18.3 Å². The topological polar surface area (TPSA) is 20.2 Å². The number of benzene rings is 1. The van der Waals surface area contributed by atoms with Crippen molar-refractivity contribution in [2.24, 2.45) is 0 Å². The van der Waals surface area contributed by atoms with E-state index in [1.165, 1.54) is 23.5 Å². The molecule has 1 unspecified atom stereocenters. The van der Waals surface area contributed by atoms with Gasteiger partial charge in [-0.3, -0.25) is 0 Å². The van der Waals surface area contributed by atoms with Gasteiger partial charge >= 0.3 is 6.18 Å². The van der Waals surface area contributed by atoms with Crippen molar-refractivity contribution in [1.29, 1.82) is 0 Å². The van der Waals surface area contributed by atoms with Crippen molar-refractivity contribution >= 4 is 43.2 Å². The van der Waals surface area contributed by atoms with E-state index >= 15 is 0 Å². The molecule has 1 heterocycles. The third-order valence-corrected chi connectivity index (χ3v) is 4.84. The van der Waals surface area contributed by atoms with Crippen LogP contribution in [0, 0.1) is 0 Å². The Hall–Kier alpha value is -0.370. The monoisotopic (exact) mass is 428 g/mol. The SMILES string of the molecule is OC(Cc1ccc(Br)s1)c1ccc(Br)cc1C(F)(F)F. The maximum absolute atomic E-state index is 13.0. The fourth-order valence-electron chi connectivity index (χ4n) is 1.83. The van der Waals surface area contributed by atoms with Crippen LogP contribution in [0.25, 0.3) is 0 Å². The van der Waals surface area contributed by atoms with Crippen LogP contribution in [0.5, 0.6) is 0 Å². The Balaban J connectivity index is 2.32. The van der Waals surface area contributed by atoms with E-state index in [0.29, 0.717) is 4.47 Å². The van der Waals surface area contributed by atoms with Gasteiger partial charge in [-0.1, -0.05) is 22.0 Å². The predicted molar refractivity (Wildman–Crippen MR) is 79.8 cm³/mol. The molecular weight excluding hydrogens is 421 g/mol. The van der Waals surface area contributed by atoms with Crippen LogP contribution in [-0.2, 0) is 12.6 Å². The molecule has 1 aromatic heterocycles. The zero-order valence-corrected chi connectivity index (χ0v) is 13.9. The standard InChI is InChI=1S/C13H9Br2F3OS/c14-7-1-3-9(10(5-7)13(16,17)18)11(19)6-8-2-4-12(15)20-8/h1-5,11,19H,6H2. The van der Waals surface area contributed by atoms with Crippen molar-refractivity contribution in [3.05, 3.63) is 54.6 Å². The lowest BCUT2D eigenvalue weighted by Crippen LogP contribution is -2.13. The Morgan fingerprint density at radius 3 is 2.40 bits per heavy atom. The number of thiophene rings is 1. The molecule has 20 heavy (non-hydrogen) atoms. The summed E-state index contributed by atoms with van der Waals surface area (Å²) >= 11 is 7.70. The highest BCUT2D eigenvalue weighted by molar-refractivity contribution is 9.11. The van der Waals surface area contributed by atoms with Crippen molar-refractivity contribution in [1.82, 2.24) is 0 Å². The molecular formula is C13H9Br2F3OS. The van der Waals surface area contributed by atoms with Gasteiger partial charge in [-0.25, -0.2) is 0 Å². The average Bonchev–Trinajstić information content (AvgIpc) is 2.73. The molecule has 0 amide bonds. The summed E-state index contributed by atoms with van der Waals surface area (Å²) in [6.07, 6.45) is -5.53. The maximum Gasteiger partial charge on any atom is 0.416 e. The molecule has 1 atom stereocenters. The van der Waals surface area contributed by atoms with Crippen LogP contribution in [0.3, 0.4) is 0 Å². The Morgan fingerprint density at radius 2 is 1.85 bits per heavy atom. The van der Waals surface area contributed by atoms with E-state index in [0.717, 1.165) is 14.7 Å². The second kappa shape index (κ2) is 6.17. The van der Waals surface area contributed by atoms with Gasteiger partial charge in [-0.05, 0) is 45.8 Å². The van der Waals surface area contributed by atoms with Gasteiger partial charge in [0.1, 0.15) is 0 Å². The number of hydrogen-bond donors (Lipinski definition) is 1. The van der Waals surface area contributed by atoms with Crippen molar-refractivity contribution in [3.8, 4) is 0 Å². The van der Waals surface area contributed by atoms with Gasteiger partial charge in [0.25, 0.3) is 0 Å². The number of hydrogen-bond acceptors (Lipinski definition) is 2. The van der Waals surface area contributed by atoms with E-state index in [2.05, 4.69) is 31.9 Å². The molecule has 0 radical (unpaired) electrons. The number of aliphatic hydroxyl groups is 1. The van der Waals surface area contributed by atoms with E-state index in [1.807, 2.05) is 0 Å². The number of rotatable bonds is 3. The molecule has 0 bridgehead atoms. The summed E-state index contributed by atoms with van der Waals surface area (Å²) in [5.41, 5.74) is -0.916. The van der Waals surface area contributed by atoms with E-state index in [-0.39, 0.29) is 12.0 Å². The Labute approximate surface area is 134 Å². The lowest BCUT2D eigenvalue weighted by atomic mass is 9.99. The van der Waals surface area contributed by atoms with Crippen LogP contribution in [0.4, 0.5) is 13.2 Å². The number of alkyl halides is 3. The molecule has 0 aliphatic carbocycles. The summed E-state index contributed by atoms with van der Waals surface area (Å²) in [5, 5.41) is 10.1. The average molecular weight is 430 g/mol. The van der Waals surface area contributed by atoms with Gasteiger partial charge in [0.15, 0.2) is 0 Å². The zero-order chi connectivity index (χ0) is 14.9. The Morgan fingerprint density at radius 1 is 1.15 bits per heavy atom. The van der Waals surface area contributed by atoms with Crippen LogP contribution in [0.15, 0.2) is 38.6 Å². The minimum atomic E-state index is -4.49. The molecule has 2 aromatic rings. The van der Waals surface area contributed by atoms with Gasteiger partial charge in [0.2, 0.25) is 0 Å². The fourth-order valence-corrected chi connectivity index (χ4v) is 3.71. The van der Waals surface area contributed by atoms with E-state index < -0.39 is 17.8 Å². The molecule has 0 aliphatic heterocycles. The largest absolute Gasteiger partial charge is 0.416 e. The van der Waals surface area contributed by atoms with Gasteiger partial charge in [0, 0.05) is 15.8 Å². The van der Waals surface area contributed by atoms with Crippen molar-refractivity contribution in [3.63, 3.8) is 0 Å². The van der Waals surface area contributed by atoms with Gasteiger partial charge in [-0.15, -0.1) is 11.3 Å². The summed E-state index contributed by atoms with van der Waals surface area (Å²) in [4.78, 5) is 0.820. The lowest BCUT2D eigenvalue weighted by molar-refractivity contribution is -0.139. The maximum atomic E-state index is 13.0. The summed E-state index contributed by atoms with van der Waals surface area (Å²) in [7, 11) is 0. The first-order valence-corrected chi connectivity index (χ1v) is 7.96. The molecule has 2 rings (SSSR count). The molecule has 0 aliphatic rings. The fraction of sp³-hybridized carbons (Fsp3) is 0.231. The summed E-state index contributed by atoms with van der Waals surface area (Å²) in [6.45, 7) is 0. The molecule has 0 saturated heterocycles. The van der Waals surface area contributed by atoms with Crippen LogP contribution >= 0.6 is 43.2 Å². The smallest absolute Gasteiger partial charge is 0.388 e. The van der Waals surface area contributed by atoms with Crippen molar-refractivity contribution in [2.75, 3.05) is 0 Å².